The van der Waals surface area contributed by atoms with Crippen molar-refractivity contribution in [2.24, 2.45) is 11.8 Å². The number of Topliss-reactive ketones (excluding diaryl/α,β-unsaturated/α-hetero) is 1. The van der Waals surface area contributed by atoms with E-state index in [-0.39, 0.29) is 5.92 Å². The van der Waals surface area contributed by atoms with E-state index in [0.29, 0.717) is 11.7 Å². The Morgan fingerprint density at radius 2 is 2.27 bits per heavy atom. The van der Waals surface area contributed by atoms with E-state index in [1.54, 1.807) is 12.4 Å². The predicted molar refractivity (Wildman–Crippen MR) is 59.8 cm³/mol. The quantitative estimate of drug-likeness (QED) is 0.691. The van der Waals surface area contributed by atoms with E-state index < -0.39 is 0 Å². The molecular weight excluding hydrogens is 186 g/mol. The molecule has 2 unspecified atom stereocenters. The molecule has 80 valence electrons. The van der Waals surface area contributed by atoms with Crippen molar-refractivity contribution in [3.05, 3.63) is 29.6 Å². The zero-order valence-electron chi connectivity index (χ0n) is 9.36. The van der Waals surface area contributed by atoms with Crippen molar-refractivity contribution in [3.8, 4) is 0 Å². The third-order valence-electron chi connectivity index (χ3n) is 3.50. The van der Waals surface area contributed by atoms with Gasteiger partial charge in [0.25, 0.3) is 0 Å². The second-order valence-corrected chi connectivity index (χ2v) is 4.57. The van der Waals surface area contributed by atoms with Gasteiger partial charge < -0.3 is 0 Å². The summed E-state index contributed by atoms with van der Waals surface area (Å²) in [6, 6.07) is 1.91. The van der Waals surface area contributed by atoms with Crippen molar-refractivity contribution in [1.29, 1.82) is 0 Å². The van der Waals surface area contributed by atoms with Gasteiger partial charge in [0.15, 0.2) is 5.78 Å². The molecule has 2 nitrogen and oxygen atoms in total. The second kappa shape index (κ2) is 4.13. The maximum atomic E-state index is 12.2. The van der Waals surface area contributed by atoms with Gasteiger partial charge in [0, 0.05) is 23.9 Å². The van der Waals surface area contributed by atoms with Crippen molar-refractivity contribution in [3.63, 3.8) is 0 Å². The van der Waals surface area contributed by atoms with Gasteiger partial charge in [-0.15, -0.1) is 0 Å². The molecular formula is C13H17NO. The molecule has 1 aromatic heterocycles. The molecule has 1 aliphatic carbocycles. The van der Waals surface area contributed by atoms with Crippen LogP contribution in [0, 0.1) is 18.8 Å². The largest absolute Gasteiger partial charge is 0.294 e. The van der Waals surface area contributed by atoms with Crippen LogP contribution in [0.3, 0.4) is 0 Å². The number of carbonyl (C=O) groups excluding carboxylic acids is 1. The summed E-state index contributed by atoms with van der Waals surface area (Å²) in [6.07, 6.45) is 6.88. The lowest BCUT2D eigenvalue weighted by molar-refractivity contribution is 0.0896. The lowest BCUT2D eigenvalue weighted by atomic mass is 9.89. The van der Waals surface area contributed by atoms with Crippen LogP contribution in [0.5, 0.6) is 0 Å². The van der Waals surface area contributed by atoms with Crippen molar-refractivity contribution in [1.82, 2.24) is 4.98 Å². The molecule has 0 aromatic carbocycles. The van der Waals surface area contributed by atoms with Gasteiger partial charge in [-0.2, -0.15) is 0 Å². The summed E-state index contributed by atoms with van der Waals surface area (Å²) >= 11 is 0. The molecule has 0 radical (unpaired) electrons. The third kappa shape index (κ3) is 1.94. The summed E-state index contributed by atoms with van der Waals surface area (Å²) < 4.78 is 0. The predicted octanol–water partition coefficient (Wildman–Crippen LogP) is 3.01. The Morgan fingerprint density at radius 3 is 2.87 bits per heavy atom. The molecule has 2 rings (SSSR count). The zero-order chi connectivity index (χ0) is 10.8. The zero-order valence-corrected chi connectivity index (χ0v) is 9.36. The molecule has 0 aliphatic heterocycles. The number of rotatable bonds is 2. The summed E-state index contributed by atoms with van der Waals surface area (Å²) in [5, 5.41) is 0. The van der Waals surface area contributed by atoms with E-state index in [2.05, 4.69) is 11.9 Å². The van der Waals surface area contributed by atoms with Crippen LogP contribution in [0.4, 0.5) is 0 Å². The molecule has 2 heteroatoms. The van der Waals surface area contributed by atoms with Gasteiger partial charge in [0.2, 0.25) is 0 Å². The average Bonchev–Trinajstić information content (AvgIpc) is 2.64. The molecule has 0 N–H and O–H groups in total. The maximum absolute atomic E-state index is 12.2. The first kappa shape index (κ1) is 10.3. The minimum absolute atomic E-state index is 0.230. The van der Waals surface area contributed by atoms with Gasteiger partial charge in [-0.1, -0.05) is 13.3 Å². The summed E-state index contributed by atoms with van der Waals surface area (Å²) in [5.41, 5.74) is 1.87. The fraction of sp³-hybridized carbons (Fsp3) is 0.538. The highest BCUT2D eigenvalue weighted by Crippen LogP contribution is 2.33. The molecule has 0 amide bonds. The number of pyridine rings is 1. The van der Waals surface area contributed by atoms with E-state index in [4.69, 9.17) is 0 Å². The van der Waals surface area contributed by atoms with E-state index in [9.17, 15) is 4.79 Å². The van der Waals surface area contributed by atoms with Crippen molar-refractivity contribution >= 4 is 5.78 Å². The van der Waals surface area contributed by atoms with Crippen molar-refractivity contribution < 1.29 is 4.79 Å². The summed E-state index contributed by atoms with van der Waals surface area (Å²) in [7, 11) is 0. The minimum atomic E-state index is 0.230. The minimum Gasteiger partial charge on any atom is -0.294 e. The Bertz CT molecular complexity index is 373. The number of carbonyl (C=O) groups is 1. The van der Waals surface area contributed by atoms with Gasteiger partial charge in [0.05, 0.1) is 0 Å². The molecule has 0 spiro atoms. The summed E-state index contributed by atoms with van der Waals surface area (Å²) in [6.45, 7) is 4.16. The maximum Gasteiger partial charge on any atom is 0.168 e. The van der Waals surface area contributed by atoms with Crippen LogP contribution in [-0.4, -0.2) is 10.8 Å². The Kier molecular flexibility index (Phi) is 2.85. The van der Waals surface area contributed by atoms with Crippen LogP contribution >= 0.6 is 0 Å². The Labute approximate surface area is 90.7 Å². The lowest BCUT2D eigenvalue weighted by Gasteiger charge is -2.14. The molecule has 2 atom stereocenters. The molecule has 1 aliphatic rings. The molecule has 1 saturated carbocycles. The molecule has 15 heavy (non-hydrogen) atoms. The average molecular weight is 203 g/mol. The number of aromatic nitrogens is 1. The van der Waals surface area contributed by atoms with E-state index in [0.717, 1.165) is 17.5 Å². The molecule has 0 bridgehead atoms. The smallest absolute Gasteiger partial charge is 0.168 e. The Hall–Kier alpha value is -1.18. The first-order chi connectivity index (χ1) is 7.20. The van der Waals surface area contributed by atoms with Crippen LogP contribution in [0.15, 0.2) is 18.5 Å². The molecule has 1 heterocycles. The summed E-state index contributed by atoms with van der Waals surface area (Å²) in [5.74, 6) is 1.07. The molecule has 1 aromatic rings. The lowest BCUT2D eigenvalue weighted by Crippen LogP contribution is -2.18. The highest BCUT2D eigenvalue weighted by Gasteiger charge is 2.30. The van der Waals surface area contributed by atoms with Crippen molar-refractivity contribution in [2.75, 3.05) is 0 Å². The van der Waals surface area contributed by atoms with Crippen molar-refractivity contribution in [2.45, 2.75) is 33.1 Å². The van der Waals surface area contributed by atoms with Crippen LogP contribution in [0.1, 0.15) is 42.1 Å². The second-order valence-electron chi connectivity index (χ2n) is 4.57. The van der Waals surface area contributed by atoms with Gasteiger partial charge in [-0.3, -0.25) is 9.78 Å². The van der Waals surface area contributed by atoms with Gasteiger partial charge in [0.1, 0.15) is 0 Å². The monoisotopic (exact) mass is 203 g/mol. The third-order valence-corrected chi connectivity index (χ3v) is 3.50. The number of aryl methyl sites for hydroxylation is 1. The van der Waals surface area contributed by atoms with E-state index in [1.807, 2.05) is 13.0 Å². The van der Waals surface area contributed by atoms with Gasteiger partial charge in [-0.25, -0.2) is 0 Å². The van der Waals surface area contributed by atoms with E-state index in [1.165, 1.54) is 12.8 Å². The number of hydrogen-bond donors (Lipinski definition) is 0. The standard InChI is InChI=1S/C13H17NO/c1-9-4-3-5-11(9)13(15)12-8-14-7-6-10(12)2/h6-9,11H,3-5H2,1-2H3. The van der Waals surface area contributed by atoms with Crippen LogP contribution in [0.2, 0.25) is 0 Å². The fourth-order valence-corrected chi connectivity index (χ4v) is 2.46. The molecule has 0 saturated heterocycles. The van der Waals surface area contributed by atoms with Crippen LogP contribution in [0.25, 0.3) is 0 Å². The number of nitrogens with zero attached hydrogens (tertiary/aromatic N) is 1. The van der Waals surface area contributed by atoms with E-state index >= 15 is 0 Å². The van der Waals surface area contributed by atoms with Gasteiger partial charge in [-0.05, 0) is 37.3 Å². The summed E-state index contributed by atoms with van der Waals surface area (Å²) in [4.78, 5) is 16.3. The Morgan fingerprint density at radius 1 is 1.47 bits per heavy atom. The molecule has 1 fully saturated rings. The topological polar surface area (TPSA) is 30.0 Å². The highest BCUT2D eigenvalue weighted by atomic mass is 16.1. The normalized spacial score (nSPS) is 25.5. The van der Waals surface area contributed by atoms with Crippen LogP contribution < -0.4 is 0 Å². The number of ketones is 1. The highest BCUT2D eigenvalue weighted by molar-refractivity contribution is 5.99. The SMILES string of the molecule is Cc1ccncc1C(=O)C1CCCC1C. The Balaban J connectivity index is 2.24. The first-order valence-electron chi connectivity index (χ1n) is 5.65. The van der Waals surface area contributed by atoms with Crippen LogP contribution in [-0.2, 0) is 0 Å². The fourth-order valence-electron chi connectivity index (χ4n) is 2.46. The first-order valence-corrected chi connectivity index (χ1v) is 5.65. The number of hydrogen-bond acceptors (Lipinski definition) is 2. The van der Waals surface area contributed by atoms with Gasteiger partial charge >= 0.3 is 0 Å².